The monoisotopic (exact) mass is 168 g/mol. The molecule has 0 saturated carbocycles. The van der Waals surface area contributed by atoms with Gasteiger partial charge in [-0.1, -0.05) is 5.21 Å². The van der Waals surface area contributed by atoms with Crippen molar-refractivity contribution in [1.29, 1.82) is 0 Å². The van der Waals surface area contributed by atoms with E-state index in [1.54, 1.807) is 4.68 Å². The van der Waals surface area contributed by atoms with E-state index in [9.17, 15) is 5.11 Å². The number of aryl methyl sites for hydroxylation is 1. The summed E-state index contributed by atoms with van der Waals surface area (Å²) in [4.78, 5) is 0. The summed E-state index contributed by atoms with van der Waals surface area (Å²) in [7, 11) is 0. The summed E-state index contributed by atoms with van der Waals surface area (Å²) in [6, 6.07) is 0.0474. The third-order valence-corrected chi connectivity index (χ3v) is 2.12. The first-order chi connectivity index (χ1) is 5.77. The lowest BCUT2D eigenvalue weighted by atomic mass is 10.2. The molecule has 1 aromatic rings. The molecule has 1 fully saturated rings. The second-order valence-corrected chi connectivity index (χ2v) is 3.13. The number of hydrogen-bond donors (Lipinski definition) is 2. The second-order valence-electron chi connectivity index (χ2n) is 3.13. The number of aliphatic hydroxyl groups is 1. The van der Waals surface area contributed by atoms with E-state index in [-0.39, 0.29) is 12.1 Å². The van der Waals surface area contributed by atoms with Crippen molar-refractivity contribution < 1.29 is 5.11 Å². The highest BCUT2D eigenvalue weighted by Gasteiger charge is 2.27. The molecule has 5 nitrogen and oxygen atoms in total. The van der Waals surface area contributed by atoms with Gasteiger partial charge in [-0.15, -0.1) is 5.10 Å². The minimum Gasteiger partial charge on any atom is -0.390 e. The number of hydrogen-bond acceptors (Lipinski definition) is 4. The number of aliphatic hydroxyl groups excluding tert-OH is 1. The van der Waals surface area contributed by atoms with E-state index in [2.05, 4.69) is 15.6 Å². The number of β-amino-alcohol motifs (C(OH)–C–C–N with tert-alkyl or cyclic N) is 1. The Labute approximate surface area is 70.4 Å². The zero-order valence-corrected chi connectivity index (χ0v) is 6.94. The molecule has 2 heterocycles. The fourth-order valence-electron chi connectivity index (χ4n) is 1.45. The van der Waals surface area contributed by atoms with Gasteiger partial charge in [0.25, 0.3) is 0 Å². The lowest BCUT2D eigenvalue weighted by Crippen LogP contribution is -2.22. The predicted molar refractivity (Wildman–Crippen MR) is 42.7 cm³/mol. The molecule has 2 atom stereocenters. The maximum absolute atomic E-state index is 9.50. The van der Waals surface area contributed by atoms with Gasteiger partial charge in [-0.05, 0) is 6.92 Å². The van der Waals surface area contributed by atoms with Crippen LogP contribution < -0.4 is 5.32 Å². The van der Waals surface area contributed by atoms with E-state index < -0.39 is 0 Å². The van der Waals surface area contributed by atoms with Crippen molar-refractivity contribution in [1.82, 2.24) is 20.3 Å². The summed E-state index contributed by atoms with van der Waals surface area (Å²) in [6.45, 7) is 3.30. The van der Waals surface area contributed by atoms with E-state index >= 15 is 0 Å². The molecule has 0 radical (unpaired) electrons. The van der Waals surface area contributed by atoms with Crippen LogP contribution in [0.4, 0.5) is 0 Å². The Bertz CT molecular complexity index is 272. The van der Waals surface area contributed by atoms with Gasteiger partial charge in [-0.3, -0.25) is 0 Å². The quantitative estimate of drug-likeness (QED) is 0.570. The summed E-state index contributed by atoms with van der Waals surface area (Å²) in [5.74, 6) is 0. The molecule has 1 saturated heterocycles. The SMILES string of the molecule is Cc1cn([C@H]2CNC[C@@H]2O)nn1. The molecule has 1 aromatic heterocycles. The van der Waals surface area contributed by atoms with Crippen LogP contribution >= 0.6 is 0 Å². The van der Waals surface area contributed by atoms with Crippen molar-refractivity contribution in [3.8, 4) is 0 Å². The van der Waals surface area contributed by atoms with Crippen LogP contribution in [0.25, 0.3) is 0 Å². The van der Waals surface area contributed by atoms with Crippen LogP contribution in [0.1, 0.15) is 11.7 Å². The second kappa shape index (κ2) is 2.84. The van der Waals surface area contributed by atoms with Gasteiger partial charge in [0.1, 0.15) is 0 Å². The van der Waals surface area contributed by atoms with Crippen LogP contribution in [0, 0.1) is 6.92 Å². The van der Waals surface area contributed by atoms with Crippen molar-refractivity contribution in [3.63, 3.8) is 0 Å². The Morgan fingerprint density at radius 2 is 2.50 bits per heavy atom. The minimum atomic E-state index is -0.342. The normalized spacial score (nSPS) is 29.5. The molecule has 5 heteroatoms. The Morgan fingerprint density at radius 1 is 1.67 bits per heavy atom. The summed E-state index contributed by atoms with van der Waals surface area (Å²) >= 11 is 0. The van der Waals surface area contributed by atoms with Crippen molar-refractivity contribution in [2.24, 2.45) is 0 Å². The molecule has 2 rings (SSSR count). The molecule has 0 amide bonds. The minimum absolute atomic E-state index is 0.0474. The van der Waals surface area contributed by atoms with Gasteiger partial charge in [0.15, 0.2) is 0 Å². The van der Waals surface area contributed by atoms with Gasteiger partial charge < -0.3 is 10.4 Å². The van der Waals surface area contributed by atoms with Crippen molar-refractivity contribution in [2.45, 2.75) is 19.1 Å². The van der Waals surface area contributed by atoms with Crippen LogP contribution in [0.15, 0.2) is 6.20 Å². The van der Waals surface area contributed by atoms with E-state index in [1.165, 1.54) is 0 Å². The fraction of sp³-hybridized carbons (Fsp3) is 0.714. The molecule has 12 heavy (non-hydrogen) atoms. The van der Waals surface area contributed by atoms with Crippen LogP contribution in [0.5, 0.6) is 0 Å². The smallest absolute Gasteiger partial charge is 0.0932 e. The molecule has 0 aliphatic carbocycles. The van der Waals surface area contributed by atoms with Gasteiger partial charge in [0.05, 0.1) is 17.8 Å². The molecule has 66 valence electrons. The Morgan fingerprint density at radius 3 is 3.00 bits per heavy atom. The first-order valence-electron chi connectivity index (χ1n) is 4.04. The van der Waals surface area contributed by atoms with Gasteiger partial charge in [0, 0.05) is 19.3 Å². The van der Waals surface area contributed by atoms with Crippen LogP contribution in [-0.2, 0) is 0 Å². The van der Waals surface area contributed by atoms with Crippen molar-refractivity contribution in [2.75, 3.05) is 13.1 Å². The lowest BCUT2D eigenvalue weighted by Gasteiger charge is -2.11. The first kappa shape index (κ1) is 7.70. The summed E-state index contributed by atoms with van der Waals surface area (Å²) < 4.78 is 1.72. The number of aromatic nitrogens is 3. The number of nitrogens with one attached hydrogen (secondary N) is 1. The molecule has 0 unspecified atom stereocenters. The Hall–Kier alpha value is -0.940. The third-order valence-electron chi connectivity index (χ3n) is 2.12. The highest BCUT2D eigenvalue weighted by Crippen LogP contribution is 2.13. The van der Waals surface area contributed by atoms with Crippen LogP contribution in [0.2, 0.25) is 0 Å². The highest BCUT2D eigenvalue weighted by molar-refractivity contribution is 4.93. The van der Waals surface area contributed by atoms with E-state index in [0.717, 1.165) is 12.2 Å². The maximum atomic E-state index is 9.50. The molecular formula is C7H12N4O. The first-order valence-corrected chi connectivity index (χ1v) is 4.04. The largest absolute Gasteiger partial charge is 0.390 e. The molecular weight excluding hydrogens is 156 g/mol. The molecule has 1 aliphatic rings. The van der Waals surface area contributed by atoms with Gasteiger partial charge in [0.2, 0.25) is 0 Å². The van der Waals surface area contributed by atoms with Crippen LogP contribution in [0.3, 0.4) is 0 Å². The van der Waals surface area contributed by atoms with Gasteiger partial charge in [-0.2, -0.15) is 0 Å². The third kappa shape index (κ3) is 1.21. The molecule has 2 N–H and O–H groups in total. The summed E-state index contributed by atoms with van der Waals surface area (Å²) in [6.07, 6.45) is 1.51. The zero-order chi connectivity index (χ0) is 8.55. The van der Waals surface area contributed by atoms with E-state index in [4.69, 9.17) is 0 Å². The number of rotatable bonds is 1. The van der Waals surface area contributed by atoms with Gasteiger partial charge in [-0.25, -0.2) is 4.68 Å². The maximum Gasteiger partial charge on any atom is 0.0932 e. The van der Waals surface area contributed by atoms with E-state index in [1.807, 2.05) is 13.1 Å². The molecule has 0 aromatic carbocycles. The van der Waals surface area contributed by atoms with Crippen molar-refractivity contribution >= 4 is 0 Å². The molecule has 0 spiro atoms. The van der Waals surface area contributed by atoms with Gasteiger partial charge >= 0.3 is 0 Å². The molecule has 0 bridgehead atoms. The zero-order valence-electron chi connectivity index (χ0n) is 6.94. The lowest BCUT2D eigenvalue weighted by molar-refractivity contribution is 0.143. The summed E-state index contributed by atoms with van der Waals surface area (Å²) in [5, 5.41) is 20.4. The predicted octanol–water partition coefficient (Wildman–Crippen LogP) is -0.908. The summed E-state index contributed by atoms with van der Waals surface area (Å²) in [5.41, 5.74) is 0.883. The van der Waals surface area contributed by atoms with Crippen LogP contribution in [-0.4, -0.2) is 39.3 Å². The Kier molecular flexibility index (Phi) is 1.82. The number of nitrogens with zero attached hydrogens (tertiary/aromatic N) is 3. The standard InChI is InChI=1S/C7H12N4O/c1-5-4-11(10-9-5)6-2-8-3-7(6)12/h4,6-8,12H,2-3H2,1H3/t6-,7-/m0/s1. The van der Waals surface area contributed by atoms with Crippen molar-refractivity contribution in [3.05, 3.63) is 11.9 Å². The Balaban J connectivity index is 2.19. The average molecular weight is 168 g/mol. The topological polar surface area (TPSA) is 63.0 Å². The average Bonchev–Trinajstić information content (AvgIpc) is 2.58. The van der Waals surface area contributed by atoms with E-state index in [0.29, 0.717) is 6.54 Å². The fourth-order valence-corrected chi connectivity index (χ4v) is 1.45. The highest BCUT2D eigenvalue weighted by atomic mass is 16.3. The molecule has 1 aliphatic heterocycles.